The monoisotopic (exact) mass is 943 g/mol. The maximum absolute atomic E-state index is 5.03. The number of fused-ring (bicyclic) bond motifs is 4. The number of rotatable bonds is 8. The van der Waals surface area contributed by atoms with Crippen molar-refractivity contribution in [3.8, 4) is 33.8 Å². The van der Waals surface area contributed by atoms with Gasteiger partial charge in [-0.1, -0.05) is 114 Å². The molecule has 10 aromatic rings. The third kappa shape index (κ3) is 6.66. The van der Waals surface area contributed by atoms with E-state index in [-0.39, 0.29) is 21.1 Å². The van der Waals surface area contributed by atoms with Crippen molar-refractivity contribution < 1.29 is 21.1 Å². The van der Waals surface area contributed by atoms with Crippen LogP contribution >= 0.6 is 0 Å². The van der Waals surface area contributed by atoms with Crippen LogP contribution in [0, 0.1) is 26.0 Å². The van der Waals surface area contributed by atoms with E-state index in [1.54, 1.807) is 0 Å². The second-order valence-corrected chi connectivity index (χ2v) is 15.2. The molecule has 3 aromatic heterocycles. The normalized spacial score (nSPS) is 11.4. The number of nitrogens with zero attached hydrogens (tertiary/aromatic N) is 5. The minimum absolute atomic E-state index is 0. The molecular weight excluding hydrogens is 902 g/mol. The Hall–Kier alpha value is -6.55. The van der Waals surface area contributed by atoms with Gasteiger partial charge in [-0.3, -0.25) is 0 Å². The summed E-state index contributed by atoms with van der Waals surface area (Å²) in [5.41, 5.74) is 15.3. The van der Waals surface area contributed by atoms with Crippen LogP contribution in [-0.4, -0.2) is 18.7 Å². The summed E-state index contributed by atoms with van der Waals surface area (Å²) in [4.78, 5) is 7.35. The van der Waals surface area contributed by atoms with Crippen molar-refractivity contribution in [2.75, 3.05) is 4.90 Å². The Morgan fingerprint density at radius 2 is 1.22 bits per heavy atom. The van der Waals surface area contributed by atoms with Gasteiger partial charge >= 0.3 is 0 Å². The van der Waals surface area contributed by atoms with Crippen molar-refractivity contribution in [2.24, 2.45) is 0 Å². The molecule has 0 unspecified atom stereocenters. The fourth-order valence-corrected chi connectivity index (χ4v) is 8.55. The zero-order valence-electron chi connectivity index (χ0n) is 33.4. The van der Waals surface area contributed by atoms with E-state index < -0.39 is 0 Å². The van der Waals surface area contributed by atoms with Crippen LogP contribution in [0.5, 0.6) is 0 Å². The molecule has 0 N–H and O–H groups in total. The summed E-state index contributed by atoms with van der Waals surface area (Å²) in [6, 6.07) is 66.2. The Morgan fingerprint density at radius 1 is 0.576 bits per heavy atom. The molecule has 0 aliphatic rings. The minimum atomic E-state index is 0. The molecule has 10 rings (SSSR count). The fourth-order valence-electron chi connectivity index (χ4n) is 8.55. The number of imidazole rings is 1. The molecule has 0 aliphatic carbocycles. The summed E-state index contributed by atoms with van der Waals surface area (Å²) in [6.07, 6.45) is 4.12. The summed E-state index contributed by atoms with van der Waals surface area (Å²) in [7, 11) is 0. The number of aromatic nitrogens is 4. The summed E-state index contributed by atoms with van der Waals surface area (Å²) in [5, 5.41) is 2.27. The largest absolute Gasteiger partial charge is 0.357 e. The van der Waals surface area contributed by atoms with Crippen molar-refractivity contribution in [3.05, 3.63) is 200 Å². The zero-order chi connectivity index (χ0) is 39.3. The second kappa shape index (κ2) is 15.7. The van der Waals surface area contributed by atoms with E-state index in [2.05, 4.69) is 229 Å². The predicted octanol–water partition coefficient (Wildman–Crippen LogP) is 13.8. The molecule has 7 aromatic carbocycles. The number of para-hydroxylation sites is 4. The molecule has 0 aliphatic heterocycles. The molecule has 0 radical (unpaired) electrons. The molecule has 3 heterocycles. The molecule has 6 heteroatoms. The van der Waals surface area contributed by atoms with Crippen molar-refractivity contribution in [1.29, 1.82) is 0 Å². The Balaban J connectivity index is 0.00000449. The molecule has 290 valence electrons. The van der Waals surface area contributed by atoms with E-state index in [4.69, 9.17) is 4.98 Å². The van der Waals surface area contributed by atoms with E-state index in [1.165, 1.54) is 27.8 Å². The Morgan fingerprint density at radius 3 is 1.98 bits per heavy atom. The second-order valence-electron chi connectivity index (χ2n) is 15.2. The first-order valence-corrected chi connectivity index (χ1v) is 19.9. The van der Waals surface area contributed by atoms with Gasteiger partial charge in [0.2, 0.25) is 0 Å². The van der Waals surface area contributed by atoms with E-state index in [0.717, 1.165) is 67.0 Å². The number of pyridine rings is 1. The number of anilines is 3. The average Bonchev–Trinajstić information content (AvgIpc) is 3.82. The van der Waals surface area contributed by atoms with Crippen LogP contribution in [0.2, 0.25) is 0 Å². The van der Waals surface area contributed by atoms with Gasteiger partial charge in [0.25, 0.3) is 0 Å². The SMILES string of the molecule is Cc1cccc(C)c1N(c1[c-]c(-n2[cH+]n(C(C)C)c3ccccc32)ccc1)c1[c-]c2c(cc1)c1ccccc1n2-c1cc(-c2ccccc2-c2ccccc2)ccn1.[Pt]. The number of hydrogen-bond acceptors (Lipinski definition) is 2. The minimum Gasteiger partial charge on any atom is -0.357 e. The van der Waals surface area contributed by atoms with E-state index in [1.807, 2.05) is 6.20 Å². The maximum atomic E-state index is 5.03. The van der Waals surface area contributed by atoms with Crippen molar-refractivity contribution in [2.45, 2.75) is 33.7 Å². The Kier molecular flexibility index (Phi) is 10.1. The molecule has 5 nitrogen and oxygen atoms in total. The van der Waals surface area contributed by atoms with Gasteiger partial charge in [-0.05, 0) is 96.8 Å². The smallest absolute Gasteiger partial charge is 0.188 e. The Labute approximate surface area is 359 Å². The molecule has 0 fully saturated rings. The van der Waals surface area contributed by atoms with Gasteiger partial charge in [0.15, 0.2) is 17.4 Å². The van der Waals surface area contributed by atoms with Crippen LogP contribution in [0.4, 0.5) is 17.1 Å². The molecule has 0 amide bonds. The molecule has 0 saturated heterocycles. The zero-order valence-corrected chi connectivity index (χ0v) is 35.6. The van der Waals surface area contributed by atoms with Crippen molar-refractivity contribution in [3.63, 3.8) is 0 Å². The van der Waals surface area contributed by atoms with Crippen LogP contribution in [0.25, 0.3) is 66.6 Å². The molecule has 0 saturated carbocycles. The molecular formula is C53H42N5Pt-. The molecule has 0 spiro atoms. The summed E-state index contributed by atoms with van der Waals surface area (Å²) < 4.78 is 6.84. The van der Waals surface area contributed by atoms with Crippen molar-refractivity contribution in [1.82, 2.24) is 18.7 Å². The predicted molar refractivity (Wildman–Crippen MR) is 241 cm³/mol. The number of benzene rings is 7. The van der Waals surface area contributed by atoms with E-state index in [9.17, 15) is 0 Å². The molecule has 0 bridgehead atoms. The first-order chi connectivity index (χ1) is 28.4. The molecule has 0 atom stereocenters. The van der Waals surface area contributed by atoms with Gasteiger partial charge < -0.3 is 9.47 Å². The third-order valence-electron chi connectivity index (χ3n) is 11.3. The van der Waals surface area contributed by atoms with Gasteiger partial charge in [0.1, 0.15) is 5.82 Å². The maximum Gasteiger partial charge on any atom is 0.188 e. The van der Waals surface area contributed by atoms with Gasteiger partial charge in [0.05, 0.1) is 6.04 Å². The van der Waals surface area contributed by atoms with Crippen molar-refractivity contribution >= 4 is 49.9 Å². The van der Waals surface area contributed by atoms with Crippen LogP contribution in [0.3, 0.4) is 0 Å². The van der Waals surface area contributed by atoms with Gasteiger partial charge in [-0.25, -0.2) is 14.1 Å². The van der Waals surface area contributed by atoms with Gasteiger partial charge in [-0.2, -0.15) is 12.1 Å². The number of hydrogen-bond donors (Lipinski definition) is 0. The van der Waals surface area contributed by atoms with Crippen LogP contribution in [0.1, 0.15) is 31.0 Å². The quantitative estimate of drug-likeness (QED) is 0.142. The Bertz CT molecular complexity index is 3120. The first-order valence-electron chi connectivity index (χ1n) is 19.9. The first kappa shape index (κ1) is 38.0. The summed E-state index contributed by atoms with van der Waals surface area (Å²) in [5.74, 6) is 0.838. The van der Waals surface area contributed by atoms with E-state index in [0.29, 0.717) is 6.04 Å². The van der Waals surface area contributed by atoms with Crippen LogP contribution < -0.4 is 4.90 Å². The standard InChI is InChI=1S/C53H42N5.Pt/c1-36(2)55-35-56(50-27-13-12-26-49(50)55)41-20-15-21-42(33-41)57(53-37(3)16-14-17-38(53)4)43-28-29-47-46-24-10-11-25-48(46)58(51(47)34-43)52-32-40(30-31-54-52)45-23-9-8-22-44(45)39-18-6-5-7-19-39;/h5-32,35-36H,1-4H3;/q-1;. The third-order valence-corrected chi connectivity index (χ3v) is 11.3. The van der Waals surface area contributed by atoms with Crippen LogP contribution in [0.15, 0.2) is 176 Å². The van der Waals surface area contributed by atoms with Gasteiger partial charge in [-0.15, -0.1) is 29.7 Å². The molecule has 59 heavy (non-hydrogen) atoms. The average molecular weight is 944 g/mol. The van der Waals surface area contributed by atoms with Crippen LogP contribution in [-0.2, 0) is 21.1 Å². The topological polar surface area (TPSA) is 30.9 Å². The summed E-state index contributed by atoms with van der Waals surface area (Å²) >= 11 is 0. The number of aryl methyl sites for hydroxylation is 2. The summed E-state index contributed by atoms with van der Waals surface area (Å²) in [6.45, 7) is 8.81. The van der Waals surface area contributed by atoms with E-state index >= 15 is 0 Å². The van der Waals surface area contributed by atoms with Gasteiger partial charge in [0, 0.05) is 56.3 Å². The fraction of sp³-hybridized carbons (Fsp3) is 0.0943.